The van der Waals surface area contributed by atoms with Crippen molar-refractivity contribution in [1.29, 1.82) is 0 Å². The second kappa shape index (κ2) is 6.94. The number of carbonyl (C=O) groups is 2. The fourth-order valence-electron chi connectivity index (χ4n) is 2.39. The summed E-state index contributed by atoms with van der Waals surface area (Å²) in [4.78, 5) is 21.3. The standard InChI is InChI=1S/C16H8F6O6/c17-15(18,19)9-1-8(14(26)27)11(24)2-6(9)7-3-12(25)13(28-5-23)4-10(7)16(20,21)22/h1-5,24-25H,(H,26,27). The molecule has 0 aliphatic rings. The quantitative estimate of drug-likeness (QED) is 0.519. The van der Waals surface area contributed by atoms with Gasteiger partial charge in [-0.25, -0.2) is 4.79 Å². The molecule has 2 rings (SSSR count). The number of halogens is 6. The number of aromatic hydroxyl groups is 2. The van der Waals surface area contributed by atoms with Crippen molar-refractivity contribution in [2.75, 3.05) is 0 Å². The van der Waals surface area contributed by atoms with E-state index in [1.807, 2.05) is 0 Å². The minimum absolute atomic E-state index is 0.0277. The van der Waals surface area contributed by atoms with Crippen molar-refractivity contribution in [2.24, 2.45) is 0 Å². The Bertz CT molecular complexity index is 948. The first kappa shape index (κ1) is 20.9. The summed E-state index contributed by atoms with van der Waals surface area (Å²) in [5, 5.41) is 28.2. The Labute approximate surface area is 151 Å². The third-order valence-electron chi connectivity index (χ3n) is 3.54. The molecule has 0 fully saturated rings. The predicted molar refractivity (Wildman–Crippen MR) is 78.9 cm³/mol. The van der Waals surface area contributed by atoms with Crippen LogP contribution in [0.1, 0.15) is 21.5 Å². The first-order chi connectivity index (χ1) is 12.8. The molecule has 0 aromatic heterocycles. The van der Waals surface area contributed by atoms with E-state index in [1.165, 1.54) is 0 Å². The van der Waals surface area contributed by atoms with Gasteiger partial charge in [-0.05, 0) is 35.4 Å². The lowest BCUT2D eigenvalue weighted by Crippen LogP contribution is -2.13. The van der Waals surface area contributed by atoms with E-state index < -0.39 is 63.4 Å². The second-order valence-corrected chi connectivity index (χ2v) is 5.30. The molecule has 28 heavy (non-hydrogen) atoms. The molecule has 0 aliphatic carbocycles. The number of ether oxygens (including phenoxy) is 1. The third-order valence-corrected chi connectivity index (χ3v) is 3.54. The Morgan fingerprint density at radius 2 is 1.32 bits per heavy atom. The maximum absolute atomic E-state index is 13.4. The van der Waals surface area contributed by atoms with Crippen LogP contribution in [0.2, 0.25) is 0 Å². The predicted octanol–water partition coefficient (Wildman–Crippen LogP) is 4.04. The molecule has 0 bridgehead atoms. The number of carboxylic acids is 1. The van der Waals surface area contributed by atoms with Crippen molar-refractivity contribution >= 4 is 12.4 Å². The van der Waals surface area contributed by atoms with Gasteiger partial charge < -0.3 is 20.1 Å². The zero-order chi connectivity index (χ0) is 21.4. The van der Waals surface area contributed by atoms with Crippen LogP contribution in [0.4, 0.5) is 26.3 Å². The van der Waals surface area contributed by atoms with Crippen LogP contribution in [0, 0.1) is 0 Å². The van der Waals surface area contributed by atoms with Crippen molar-refractivity contribution in [1.82, 2.24) is 0 Å². The van der Waals surface area contributed by atoms with Gasteiger partial charge in [0.05, 0.1) is 11.1 Å². The lowest BCUT2D eigenvalue weighted by Gasteiger charge is -2.19. The van der Waals surface area contributed by atoms with Gasteiger partial charge in [-0.3, -0.25) is 4.79 Å². The molecule has 2 aromatic rings. The largest absolute Gasteiger partial charge is 0.507 e. The lowest BCUT2D eigenvalue weighted by atomic mass is 9.92. The van der Waals surface area contributed by atoms with E-state index in [4.69, 9.17) is 5.11 Å². The van der Waals surface area contributed by atoms with Crippen molar-refractivity contribution in [3.63, 3.8) is 0 Å². The average molecular weight is 410 g/mol. The number of carbonyl (C=O) groups excluding carboxylic acids is 1. The van der Waals surface area contributed by atoms with E-state index in [0.29, 0.717) is 0 Å². The van der Waals surface area contributed by atoms with Crippen LogP contribution in [0.3, 0.4) is 0 Å². The van der Waals surface area contributed by atoms with E-state index >= 15 is 0 Å². The van der Waals surface area contributed by atoms with E-state index in [0.717, 1.165) is 0 Å². The molecule has 150 valence electrons. The van der Waals surface area contributed by atoms with Gasteiger partial charge in [0.25, 0.3) is 6.47 Å². The summed E-state index contributed by atoms with van der Waals surface area (Å²) in [6.07, 6.45) is -10.6. The first-order valence-corrected chi connectivity index (χ1v) is 6.99. The van der Waals surface area contributed by atoms with Crippen LogP contribution >= 0.6 is 0 Å². The normalized spacial score (nSPS) is 11.9. The zero-order valence-corrected chi connectivity index (χ0v) is 13.2. The number of hydrogen-bond donors (Lipinski definition) is 3. The van der Waals surface area contributed by atoms with Crippen LogP contribution < -0.4 is 4.74 Å². The number of aromatic carboxylic acids is 1. The molecule has 12 heteroatoms. The van der Waals surface area contributed by atoms with Crippen molar-refractivity contribution in [2.45, 2.75) is 12.4 Å². The highest BCUT2D eigenvalue weighted by Crippen LogP contribution is 2.47. The number of benzene rings is 2. The van der Waals surface area contributed by atoms with Gasteiger partial charge in [0.2, 0.25) is 0 Å². The summed E-state index contributed by atoms with van der Waals surface area (Å²) in [6, 6.07) is 0.518. The third kappa shape index (κ3) is 3.94. The number of hydrogen-bond acceptors (Lipinski definition) is 5. The van der Waals surface area contributed by atoms with E-state index in [1.54, 1.807) is 0 Å². The molecule has 2 aromatic carbocycles. The minimum Gasteiger partial charge on any atom is -0.507 e. The van der Waals surface area contributed by atoms with Gasteiger partial charge in [0.15, 0.2) is 11.5 Å². The van der Waals surface area contributed by atoms with Gasteiger partial charge in [0.1, 0.15) is 11.3 Å². The molecule has 6 nitrogen and oxygen atoms in total. The van der Waals surface area contributed by atoms with Crippen molar-refractivity contribution in [3.8, 4) is 28.4 Å². The van der Waals surface area contributed by atoms with Gasteiger partial charge in [0, 0.05) is 0 Å². The Balaban J connectivity index is 2.94. The molecule has 0 atom stereocenters. The van der Waals surface area contributed by atoms with E-state index in [9.17, 15) is 46.1 Å². The summed E-state index contributed by atoms with van der Waals surface area (Å²) in [6.45, 7) is -0.302. The Hall–Kier alpha value is -3.44. The van der Waals surface area contributed by atoms with Gasteiger partial charge in [-0.2, -0.15) is 26.3 Å². The molecule has 0 aliphatic heterocycles. The Morgan fingerprint density at radius 1 is 0.857 bits per heavy atom. The molecule has 0 unspecified atom stereocenters. The number of carboxylic acid groups (broad SMARTS) is 1. The summed E-state index contributed by atoms with van der Waals surface area (Å²) >= 11 is 0. The second-order valence-electron chi connectivity index (χ2n) is 5.30. The molecule has 3 N–H and O–H groups in total. The Morgan fingerprint density at radius 3 is 1.75 bits per heavy atom. The SMILES string of the molecule is O=COc1cc(C(F)(F)F)c(-c2cc(O)c(C(=O)O)cc2C(F)(F)F)cc1O. The number of phenolic OH excluding ortho intramolecular Hbond substituents is 1. The monoisotopic (exact) mass is 410 g/mol. The minimum atomic E-state index is -5.30. The van der Waals surface area contributed by atoms with Crippen LogP contribution in [0.5, 0.6) is 17.2 Å². The number of phenols is 2. The highest BCUT2D eigenvalue weighted by atomic mass is 19.4. The van der Waals surface area contributed by atoms with Crippen molar-refractivity contribution < 1.29 is 56.0 Å². The fraction of sp³-hybridized carbons (Fsp3) is 0.125. The molecule has 0 heterocycles. The summed E-state index contributed by atoms with van der Waals surface area (Å²) < 4.78 is 84.3. The molecule has 0 saturated heterocycles. The molecular formula is C16H8F6O6. The molecular weight excluding hydrogens is 402 g/mol. The maximum Gasteiger partial charge on any atom is 0.417 e. The van der Waals surface area contributed by atoms with E-state index in [-0.39, 0.29) is 30.7 Å². The van der Waals surface area contributed by atoms with Crippen LogP contribution in [-0.4, -0.2) is 27.8 Å². The van der Waals surface area contributed by atoms with Gasteiger partial charge in [-0.15, -0.1) is 0 Å². The van der Waals surface area contributed by atoms with Crippen LogP contribution in [0.15, 0.2) is 24.3 Å². The highest BCUT2D eigenvalue weighted by molar-refractivity contribution is 5.93. The molecule has 0 radical (unpaired) electrons. The molecule has 0 amide bonds. The van der Waals surface area contributed by atoms with Gasteiger partial charge >= 0.3 is 18.3 Å². The highest BCUT2D eigenvalue weighted by Gasteiger charge is 2.40. The smallest absolute Gasteiger partial charge is 0.417 e. The number of rotatable bonds is 4. The van der Waals surface area contributed by atoms with E-state index in [2.05, 4.69) is 4.74 Å². The topological polar surface area (TPSA) is 104 Å². The zero-order valence-electron chi connectivity index (χ0n) is 13.2. The van der Waals surface area contributed by atoms with Gasteiger partial charge in [-0.1, -0.05) is 0 Å². The average Bonchev–Trinajstić information content (AvgIpc) is 2.53. The first-order valence-electron chi connectivity index (χ1n) is 6.99. The summed E-state index contributed by atoms with van der Waals surface area (Å²) in [7, 11) is 0. The molecule has 0 spiro atoms. The van der Waals surface area contributed by atoms with Crippen molar-refractivity contribution in [3.05, 3.63) is 41.0 Å². The lowest BCUT2D eigenvalue weighted by molar-refractivity contribution is -0.139. The van der Waals surface area contributed by atoms with Crippen LogP contribution in [0.25, 0.3) is 11.1 Å². The number of alkyl halides is 6. The maximum atomic E-state index is 13.4. The fourth-order valence-corrected chi connectivity index (χ4v) is 2.39. The molecule has 0 saturated carbocycles. The summed E-state index contributed by atoms with van der Waals surface area (Å²) in [5.41, 5.74) is -7.17. The summed E-state index contributed by atoms with van der Waals surface area (Å²) in [5.74, 6) is -5.23. The Kier molecular flexibility index (Phi) is 5.17. The van der Waals surface area contributed by atoms with Crippen LogP contribution in [-0.2, 0) is 17.1 Å².